The number of hydrogen-bond acceptors (Lipinski definition) is 3. The molecule has 0 aromatic carbocycles. The molecule has 0 aromatic rings. The maximum absolute atomic E-state index is 11.4. The van der Waals surface area contributed by atoms with Crippen molar-refractivity contribution in [3.8, 4) is 6.07 Å². The first-order chi connectivity index (χ1) is 5.94. The normalized spacial score (nSPS) is 16.8. The molecule has 0 fully saturated rings. The van der Waals surface area contributed by atoms with Gasteiger partial charge >= 0.3 is 0 Å². The standard InChI is InChI=1S/C9H17N3O/c1-4-9(3,11)8(13)12-7(2)5-6-10/h7H,4-5,11H2,1-3H3,(H,12,13). The van der Waals surface area contributed by atoms with Crippen LogP contribution < -0.4 is 11.1 Å². The van der Waals surface area contributed by atoms with Gasteiger partial charge in [-0.15, -0.1) is 0 Å². The molecule has 0 radical (unpaired) electrons. The van der Waals surface area contributed by atoms with Gasteiger partial charge in [-0.25, -0.2) is 0 Å². The third-order valence-corrected chi connectivity index (χ3v) is 2.03. The second-order valence-electron chi connectivity index (χ2n) is 3.51. The van der Waals surface area contributed by atoms with Gasteiger partial charge in [0.05, 0.1) is 18.0 Å². The second kappa shape index (κ2) is 4.83. The number of nitriles is 1. The number of rotatable bonds is 4. The maximum atomic E-state index is 11.4. The number of carbonyl (C=O) groups excluding carboxylic acids is 1. The van der Waals surface area contributed by atoms with E-state index in [2.05, 4.69) is 5.32 Å². The van der Waals surface area contributed by atoms with Gasteiger partial charge in [-0.05, 0) is 20.3 Å². The van der Waals surface area contributed by atoms with E-state index in [0.717, 1.165) is 0 Å². The second-order valence-corrected chi connectivity index (χ2v) is 3.51. The maximum Gasteiger partial charge on any atom is 0.240 e. The number of amides is 1. The molecule has 0 rings (SSSR count). The van der Waals surface area contributed by atoms with Gasteiger partial charge in [0.25, 0.3) is 0 Å². The Morgan fingerprint density at radius 2 is 2.31 bits per heavy atom. The molecule has 0 aliphatic rings. The van der Waals surface area contributed by atoms with Gasteiger partial charge in [-0.2, -0.15) is 5.26 Å². The van der Waals surface area contributed by atoms with E-state index in [9.17, 15) is 4.79 Å². The third kappa shape index (κ3) is 3.90. The van der Waals surface area contributed by atoms with Crippen LogP contribution in [-0.4, -0.2) is 17.5 Å². The fraction of sp³-hybridized carbons (Fsp3) is 0.778. The molecular weight excluding hydrogens is 166 g/mol. The zero-order valence-electron chi connectivity index (χ0n) is 8.42. The van der Waals surface area contributed by atoms with Crippen LogP contribution in [0.5, 0.6) is 0 Å². The number of carbonyl (C=O) groups is 1. The van der Waals surface area contributed by atoms with Crippen molar-refractivity contribution in [2.75, 3.05) is 0 Å². The summed E-state index contributed by atoms with van der Waals surface area (Å²) in [6, 6.07) is 1.85. The molecule has 0 spiro atoms. The molecule has 0 aromatic heterocycles. The average Bonchev–Trinajstić information content (AvgIpc) is 2.04. The first-order valence-corrected chi connectivity index (χ1v) is 4.40. The topological polar surface area (TPSA) is 78.9 Å². The zero-order chi connectivity index (χ0) is 10.5. The number of hydrogen-bond donors (Lipinski definition) is 2. The summed E-state index contributed by atoms with van der Waals surface area (Å²) in [6.07, 6.45) is 0.893. The molecule has 3 N–H and O–H groups in total. The van der Waals surface area contributed by atoms with Crippen molar-refractivity contribution in [1.29, 1.82) is 5.26 Å². The highest BCUT2D eigenvalue weighted by atomic mass is 16.2. The summed E-state index contributed by atoms with van der Waals surface area (Å²) in [7, 11) is 0. The molecule has 74 valence electrons. The highest BCUT2D eigenvalue weighted by molar-refractivity contribution is 5.85. The molecule has 4 heteroatoms. The molecule has 2 atom stereocenters. The van der Waals surface area contributed by atoms with Crippen LogP contribution in [0.15, 0.2) is 0 Å². The van der Waals surface area contributed by atoms with Crippen molar-refractivity contribution < 1.29 is 4.79 Å². The largest absolute Gasteiger partial charge is 0.351 e. The Balaban J connectivity index is 4.09. The van der Waals surface area contributed by atoms with Crippen molar-refractivity contribution in [3.63, 3.8) is 0 Å². The van der Waals surface area contributed by atoms with E-state index in [0.29, 0.717) is 12.8 Å². The molecular formula is C9H17N3O. The highest BCUT2D eigenvalue weighted by Gasteiger charge is 2.26. The fourth-order valence-electron chi connectivity index (χ4n) is 0.737. The number of nitrogens with two attached hydrogens (primary N) is 1. The van der Waals surface area contributed by atoms with Crippen molar-refractivity contribution >= 4 is 5.91 Å². The van der Waals surface area contributed by atoms with Gasteiger partial charge < -0.3 is 11.1 Å². The Labute approximate surface area is 79.1 Å². The van der Waals surface area contributed by atoms with Crippen LogP contribution in [0.2, 0.25) is 0 Å². The Kier molecular flexibility index (Phi) is 4.43. The lowest BCUT2D eigenvalue weighted by Crippen LogP contribution is -2.53. The monoisotopic (exact) mass is 183 g/mol. The van der Waals surface area contributed by atoms with Gasteiger partial charge in [0.1, 0.15) is 0 Å². The lowest BCUT2D eigenvalue weighted by molar-refractivity contribution is -0.126. The van der Waals surface area contributed by atoms with Crippen molar-refractivity contribution in [1.82, 2.24) is 5.32 Å². The molecule has 0 heterocycles. The molecule has 0 aliphatic heterocycles. The van der Waals surface area contributed by atoms with E-state index in [4.69, 9.17) is 11.0 Å². The summed E-state index contributed by atoms with van der Waals surface area (Å²) < 4.78 is 0. The molecule has 0 saturated carbocycles. The van der Waals surface area contributed by atoms with E-state index in [1.807, 2.05) is 13.0 Å². The van der Waals surface area contributed by atoms with Gasteiger partial charge in [-0.1, -0.05) is 6.92 Å². The van der Waals surface area contributed by atoms with Crippen LogP contribution >= 0.6 is 0 Å². The Bertz CT molecular complexity index is 217. The molecule has 13 heavy (non-hydrogen) atoms. The fourth-order valence-corrected chi connectivity index (χ4v) is 0.737. The van der Waals surface area contributed by atoms with E-state index < -0.39 is 5.54 Å². The van der Waals surface area contributed by atoms with Gasteiger partial charge in [-0.3, -0.25) is 4.79 Å². The van der Waals surface area contributed by atoms with Crippen LogP contribution in [0.3, 0.4) is 0 Å². The van der Waals surface area contributed by atoms with E-state index in [-0.39, 0.29) is 11.9 Å². The number of nitrogens with zero attached hydrogens (tertiary/aromatic N) is 1. The van der Waals surface area contributed by atoms with Gasteiger partial charge in [0.15, 0.2) is 0 Å². The molecule has 1 amide bonds. The zero-order valence-corrected chi connectivity index (χ0v) is 8.42. The number of nitrogens with one attached hydrogen (secondary N) is 1. The quantitative estimate of drug-likeness (QED) is 0.667. The predicted octanol–water partition coefficient (Wildman–Crippen LogP) is 0.532. The van der Waals surface area contributed by atoms with E-state index in [1.54, 1.807) is 13.8 Å². The van der Waals surface area contributed by atoms with Crippen LogP contribution in [0.25, 0.3) is 0 Å². The Morgan fingerprint density at radius 3 is 2.69 bits per heavy atom. The van der Waals surface area contributed by atoms with Gasteiger partial charge in [0, 0.05) is 6.04 Å². The Morgan fingerprint density at radius 1 is 1.77 bits per heavy atom. The predicted molar refractivity (Wildman–Crippen MR) is 50.7 cm³/mol. The first-order valence-electron chi connectivity index (χ1n) is 4.40. The van der Waals surface area contributed by atoms with Gasteiger partial charge in [0.2, 0.25) is 5.91 Å². The summed E-state index contributed by atoms with van der Waals surface area (Å²) in [6.45, 7) is 5.32. The summed E-state index contributed by atoms with van der Waals surface area (Å²) >= 11 is 0. The minimum atomic E-state index is -0.830. The molecule has 0 bridgehead atoms. The van der Waals surface area contributed by atoms with Crippen LogP contribution in [0.4, 0.5) is 0 Å². The first kappa shape index (κ1) is 11.9. The van der Waals surface area contributed by atoms with Crippen LogP contribution in [0, 0.1) is 11.3 Å². The van der Waals surface area contributed by atoms with E-state index >= 15 is 0 Å². The summed E-state index contributed by atoms with van der Waals surface area (Å²) in [5.74, 6) is -0.197. The van der Waals surface area contributed by atoms with Crippen molar-refractivity contribution in [3.05, 3.63) is 0 Å². The summed E-state index contributed by atoms with van der Waals surface area (Å²) in [5.41, 5.74) is 4.88. The van der Waals surface area contributed by atoms with E-state index in [1.165, 1.54) is 0 Å². The van der Waals surface area contributed by atoms with Crippen LogP contribution in [-0.2, 0) is 4.79 Å². The lowest BCUT2D eigenvalue weighted by Gasteiger charge is -2.23. The summed E-state index contributed by atoms with van der Waals surface area (Å²) in [5, 5.41) is 11.1. The molecule has 0 aliphatic carbocycles. The van der Waals surface area contributed by atoms with Crippen molar-refractivity contribution in [2.24, 2.45) is 5.73 Å². The molecule has 2 unspecified atom stereocenters. The molecule has 0 saturated heterocycles. The minimum Gasteiger partial charge on any atom is -0.351 e. The third-order valence-electron chi connectivity index (χ3n) is 2.03. The van der Waals surface area contributed by atoms with Crippen LogP contribution in [0.1, 0.15) is 33.6 Å². The SMILES string of the molecule is CCC(C)(N)C(=O)NC(C)CC#N. The average molecular weight is 183 g/mol. The lowest BCUT2D eigenvalue weighted by atomic mass is 9.99. The Hall–Kier alpha value is -1.08. The smallest absolute Gasteiger partial charge is 0.240 e. The molecule has 4 nitrogen and oxygen atoms in total. The summed E-state index contributed by atoms with van der Waals surface area (Å²) in [4.78, 5) is 11.4. The highest BCUT2D eigenvalue weighted by Crippen LogP contribution is 2.05. The van der Waals surface area contributed by atoms with Crippen molar-refractivity contribution in [2.45, 2.75) is 45.2 Å². The minimum absolute atomic E-state index is 0.132.